The zero-order valence-electron chi connectivity index (χ0n) is 14.6. The van der Waals surface area contributed by atoms with Gasteiger partial charge in [0.25, 0.3) is 0 Å². The van der Waals surface area contributed by atoms with Crippen LogP contribution in [0.4, 0.5) is 17.6 Å². The van der Waals surface area contributed by atoms with Gasteiger partial charge in [-0.05, 0) is 17.7 Å². The Morgan fingerprint density at radius 1 is 1.23 bits per heavy atom. The highest BCUT2D eigenvalue weighted by Gasteiger charge is 2.33. The maximum Gasteiger partial charge on any atom is 0.416 e. The van der Waals surface area contributed by atoms with Gasteiger partial charge in [0.15, 0.2) is 5.96 Å². The van der Waals surface area contributed by atoms with E-state index in [-0.39, 0.29) is 12.1 Å². The van der Waals surface area contributed by atoms with Crippen molar-refractivity contribution in [2.75, 3.05) is 7.05 Å². The van der Waals surface area contributed by atoms with E-state index < -0.39 is 17.6 Å². The van der Waals surface area contributed by atoms with Gasteiger partial charge in [-0.2, -0.15) is 13.2 Å². The van der Waals surface area contributed by atoms with Crippen LogP contribution in [-0.2, 0) is 19.3 Å². The second-order valence-electron chi connectivity index (χ2n) is 5.91. The molecule has 0 aliphatic rings. The third-order valence-corrected chi connectivity index (χ3v) is 4.74. The molecule has 0 bridgehead atoms. The summed E-state index contributed by atoms with van der Waals surface area (Å²) >= 11 is 1.56. The van der Waals surface area contributed by atoms with Crippen molar-refractivity contribution in [2.45, 2.75) is 39.0 Å². The molecule has 0 aliphatic heterocycles. The first-order chi connectivity index (χ1) is 12.2. The first-order valence-corrected chi connectivity index (χ1v) is 8.83. The molecule has 0 saturated heterocycles. The van der Waals surface area contributed by atoms with Crippen LogP contribution in [0.2, 0.25) is 0 Å². The summed E-state index contributed by atoms with van der Waals surface area (Å²) < 4.78 is 52.2. The molecule has 4 nitrogen and oxygen atoms in total. The van der Waals surface area contributed by atoms with Gasteiger partial charge in [-0.15, -0.1) is 11.3 Å². The molecule has 0 aliphatic carbocycles. The van der Waals surface area contributed by atoms with E-state index in [0.717, 1.165) is 22.8 Å². The van der Waals surface area contributed by atoms with Gasteiger partial charge in [0.1, 0.15) is 5.82 Å². The minimum absolute atomic E-state index is 0.0578. The van der Waals surface area contributed by atoms with Gasteiger partial charge in [0.2, 0.25) is 0 Å². The molecular formula is C17H20F4N4S. The summed E-state index contributed by atoms with van der Waals surface area (Å²) in [6.45, 7) is 4.37. The maximum absolute atomic E-state index is 13.1. The Morgan fingerprint density at radius 2 is 1.92 bits per heavy atom. The van der Waals surface area contributed by atoms with Crippen LogP contribution in [0.3, 0.4) is 0 Å². The standard InChI is InChI=1S/C17H20F4N4S/c1-10(2)15-25-13(9-26-15)8-24-16(22-3)23-7-11-4-5-12(18)6-14(11)17(19,20)21/h4-6,9-10H,7-8H2,1-3H3,(H2,22,23,24). The lowest BCUT2D eigenvalue weighted by Gasteiger charge is -2.15. The van der Waals surface area contributed by atoms with E-state index in [9.17, 15) is 17.6 Å². The quantitative estimate of drug-likeness (QED) is 0.456. The third kappa shape index (κ3) is 5.42. The molecular weight excluding hydrogens is 368 g/mol. The van der Waals surface area contributed by atoms with Crippen LogP contribution in [0, 0.1) is 5.82 Å². The van der Waals surface area contributed by atoms with Crippen LogP contribution in [-0.4, -0.2) is 18.0 Å². The molecule has 0 spiro atoms. The molecule has 0 radical (unpaired) electrons. The lowest BCUT2D eigenvalue weighted by molar-refractivity contribution is -0.138. The Morgan fingerprint density at radius 3 is 2.50 bits per heavy atom. The molecule has 1 heterocycles. The molecule has 0 fully saturated rings. The number of alkyl halides is 3. The van der Waals surface area contributed by atoms with Crippen LogP contribution in [0.1, 0.15) is 41.6 Å². The largest absolute Gasteiger partial charge is 0.416 e. The number of aliphatic imine (C=N–C) groups is 1. The SMILES string of the molecule is CN=C(NCc1csc(C(C)C)n1)NCc1ccc(F)cc1C(F)(F)F. The number of nitrogens with one attached hydrogen (secondary N) is 2. The van der Waals surface area contributed by atoms with Crippen LogP contribution < -0.4 is 10.6 Å². The zero-order valence-corrected chi connectivity index (χ0v) is 15.4. The van der Waals surface area contributed by atoms with E-state index in [1.807, 2.05) is 5.38 Å². The van der Waals surface area contributed by atoms with E-state index in [1.54, 1.807) is 11.3 Å². The molecule has 1 aromatic heterocycles. The molecule has 0 amide bonds. The smallest absolute Gasteiger partial charge is 0.352 e. The molecule has 0 saturated carbocycles. The Labute approximate surface area is 153 Å². The van der Waals surface area contributed by atoms with Crippen LogP contribution >= 0.6 is 11.3 Å². The van der Waals surface area contributed by atoms with Crippen LogP contribution in [0.15, 0.2) is 28.6 Å². The van der Waals surface area contributed by atoms with E-state index in [2.05, 4.69) is 34.5 Å². The number of aromatic nitrogens is 1. The number of hydrogen-bond acceptors (Lipinski definition) is 3. The van der Waals surface area contributed by atoms with Gasteiger partial charge in [-0.1, -0.05) is 19.9 Å². The van der Waals surface area contributed by atoms with Crippen molar-refractivity contribution in [2.24, 2.45) is 4.99 Å². The van der Waals surface area contributed by atoms with Crippen LogP contribution in [0.5, 0.6) is 0 Å². The minimum atomic E-state index is -4.62. The molecule has 9 heteroatoms. The second-order valence-corrected chi connectivity index (χ2v) is 6.80. The van der Waals surface area contributed by atoms with Gasteiger partial charge >= 0.3 is 6.18 Å². The van der Waals surface area contributed by atoms with Crippen molar-refractivity contribution in [1.29, 1.82) is 0 Å². The van der Waals surface area contributed by atoms with Crippen molar-refractivity contribution < 1.29 is 17.6 Å². The molecule has 2 N–H and O–H groups in total. The topological polar surface area (TPSA) is 49.3 Å². The molecule has 1 aromatic carbocycles. The minimum Gasteiger partial charge on any atom is -0.352 e. The molecule has 142 valence electrons. The Bertz CT molecular complexity index is 768. The maximum atomic E-state index is 13.1. The summed E-state index contributed by atoms with van der Waals surface area (Å²) in [5.74, 6) is -0.250. The second kappa shape index (κ2) is 8.48. The Kier molecular flexibility index (Phi) is 6.57. The molecule has 0 atom stereocenters. The number of guanidine groups is 1. The number of thiazole rings is 1. The number of hydrogen-bond donors (Lipinski definition) is 2. The van der Waals surface area contributed by atoms with E-state index in [1.165, 1.54) is 7.05 Å². The van der Waals surface area contributed by atoms with Crippen molar-refractivity contribution >= 4 is 17.3 Å². The highest BCUT2D eigenvalue weighted by molar-refractivity contribution is 7.09. The summed E-state index contributed by atoms with van der Waals surface area (Å²) in [5.41, 5.74) is -0.224. The lowest BCUT2D eigenvalue weighted by Crippen LogP contribution is -2.36. The highest BCUT2D eigenvalue weighted by Crippen LogP contribution is 2.32. The highest BCUT2D eigenvalue weighted by atomic mass is 32.1. The van der Waals surface area contributed by atoms with Crippen molar-refractivity contribution in [3.63, 3.8) is 0 Å². The summed E-state index contributed by atoms with van der Waals surface area (Å²) in [7, 11) is 1.52. The average molecular weight is 388 g/mol. The van der Waals surface area contributed by atoms with Gasteiger partial charge in [-0.3, -0.25) is 4.99 Å². The average Bonchev–Trinajstić information content (AvgIpc) is 3.04. The Hall–Kier alpha value is -2.16. The first-order valence-electron chi connectivity index (χ1n) is 7.95. The van der Waals surface area contributed by atoms with E-state index in [4.69, 9.17) is 0 Å². The first kappa shape index (κ1) is 20.2. The molecule has 26 heavy (non-hydrogen) atoms. The summed E-state index contributed by atoms with van der Waals surface area (Å²) in [5, 5.41) is 8.76. The number of benzene rings is 1. The zero-order chi connectivity index (χ0) is 19.3. The van der Waals surface area contributed by atoms with Crippen molar-refractivity contribution in [1.82, 2.24) is 15.6 Å². The molecule has 2 aromatic rings. The number of halogens is 4. The summed E-state index contributed by atoms with van der Waals surface area (Å²) in [4.78, 5) is 8.46. The Balaban J connectivity index is 1.99. The fourth-order valence-electron chi connectivity index (χ4n) is 2.21. The predicted molar refractivity (Wildman–Crippen MR) is 94.6 cm³/mol. The monoisotopic (exact) mass is 388 g/mol. The molecule has 2 rings (SSSR count). The van der Waals surface area contributed by atoms with Crippen molar-refractivity contribution in [3.8, 4) is 0 Å². The number of rotatable bonds is 5. The van der Waals surface area contributed by atoms with Gasteiger partial charge in [0.05, 0.1) is 22.8 Å². The normalized spacial score (nSPS) is 12.5. The third-order valence-electron chi connectivity index (χ3n) is 3.55. The molecule has 0 unspecified atom stereocenters. The summed E-state index contributed by atoms with van der Waals surface area (Å²) in [6, 6.07) is 2.62. The van der Waals surface area contributed by atoms with Gasteiger partial charge < -0.3 is 10.6 Å². The van der Waals surface area contributed by atoms with Crippen molar-refractivity contribution in [3.05, 3.63) is 51.2 Å². The van der Waals surface area contributed by atoms with E-state index >= 15 is 0 Å². The fourth-order valence-corrected chi connectivity index (χ4v) is 3.04. The lowest BCUT2D eigenvalue weighted by atomic mass is 10.1. The number of nitrogens with zero attached hydrogens (tertiary/aromatic N) is 2. The fraction of sp³-hybridized carbons (Fsp3) is 0.412. The van der Waals surface area contributed by atoms with Gasteiger partial charge in [0, 0.05) is 24.9 Å². The van der Waals surface area contributed by atoms with Crippen LogP contribution in [0.25, 0.3) is 0 Å². The summed E-state index contributed by atoms with van der Waals surface area (Å²) in [6.07, 6.45) is -4.62. The van der Waals surface area contributed by atoms with E-state index in [0.29, 0.717) is 24.5 Å². The predicted octanol–water partition coefficient (Wildman–Crippen LogP) is 4.29. The van der Waals surface area contributed by atoms with Gasteiger partial charge in [-0.25, -0.2) is 9.37 Å².